The van der Waals surface area contributed by atoms with Crippen molar-refractivity contribution in [3.05, 3.63) is 24.3 Å². The second-order valence-electron chi connectivity index (χ2n) is 6.44. The summed E-state index contributed by atoms with van der Waals surface area (Å²) < 4.78 is 18.1. The van der Waals surface area contributed by atoms with E-state index in [1.807, 2.05) is 24.3 Å². The molecule has 0 bridgehead atoms. The van der Waals surface area contributed by atoms with Gasteiger partial charge in [-0.15, -0.1) is 0 Å². The summed E-state index contributed by atoms with van der Waals surface area (Å²) >= 11 is 0. The van der Waals surface area contributed by atoms with Crippen LogP contribution in [0.4, 0.5) is 0 Å². The molecule has 1 aliphatic carbocycles. The molecule has 2 fully saturated rings. The molecule has 1 saturated heterocycles. The van der Waals surface area contributed by atoms with Crippen LogP contribution in [-0.4, -0.2) is 24.4 Å². The Labute approximate surface area is 115 Å². The minimum absolute atomic E-state index is 0.315. The summed E-state index contributed by atoms with van der Waals surface area (Å²) in [7, 11) is -0.347. The molecule has 0 radical (unpaired) electrons. The molecule has 3 nitrogen and oxygen atoms in total. The summed E-state index contributed by atoms with van der Waals surface area (Å²) in [6.07, 6.45) is 2.68. The number of ether oxygens (including phenoxy) is 1. The van der Waals surface area contributed by atoms with Crippen molar-refractivity contribution >= 4 is 12.6 Å². The van der Waals surface area contributed by atoms with Crippen molar-refractivity contribution in [3.63, 3.8) is 0 Å². The molecule has 0 amide bonds. The van der Waals surface area contributed by atoms with Crippen LogP contribution in [-0.2, 0) is 9.31 Å². The Hall–Kier alpha value is -0.995. The second kappa shape index (κ2) is 4.25. The van der Waals surface area contributed by atoms with E-state index in [0.717, 1.165) is 24.1 Å². The van der Waals surface area contributed by atoms with E-state index >= 15 is 0 Å². The van der Waals surface area contributed by atoms with Gasteiger partial charge in [-0.25, -0.2) is 0 Å². The first-order valence-electron chi connectivity index (χ1n) is 7.00. The van der Waals surface area contributed by atoms with Crippen LogP contribution < -0.4 is 10.2 Å². The van der Waals surface area contributed by atoms with Crippen LogP contribution in [0.15, 0.2) is 24.3 Å². The van der Waals surface area contributed by atoms with Gasteiger partial charge in [0, 0.05) is 5.46 Å². The standard InChI is InChI=1S/C15H21BO3/c1-14(2)15(3,4)19-16(18-14)12-7-5-6-8-13(12)17-11-9-10-11/h5-8,11H,9-10H2,1-4H3. The molecule has 0 atom stereocenters. The lowest BCUT2D eigenvalue weighted by atomic mass is 9.78. The number of hydrogen-bond donors (Lipinski definition) is 0. The first-order chi connectivity index (χ1) is 8.89. The summed E-state index contributed by atoms with van der Waals surface area (Å²) in [4.78, 5) is 0. The third-order valence-corrected chi connectivity index (χ3v) is 4.24. The highest BCUT2D eigenvalue weighted by Crippen LogP contribution is 2.37. The lowest BCUT2D eigenvalue weighted by Gasteiger charge is -2.32. The van der Waals surface area contributed by atoms with E-state index in [4.69, 9.17) is 14.0 Å². The van der Waals surface area contributed by atoms with Crippen molar-refractivity contribution < 1.29 is 14.0 Å². The van der Waals surface area contributed by atoms with Crippen molar-refractivity contribution in [2.45, 2.75) is 57.8 Å². The first kappa shape index (κ1) is 13.0. The normalized spacial score (nSPS) is 24.5. The monoisotopic (exact) mass is 260 g/mol. The number of hydrogen-bond acceptors (Lipinski definition) is 3. The molecule has 1 aromatic carbocycles. The van der Waals surface area contributed by atoms with Gasteiger partial charge in [0.05, 0.1) is 17.3 Å². The molecular formula is C15H21BO3. The highest BCUT2D eigenvalue weighted by Gasteiger charge is 2.52. The fourth-order valence-electron chi connectivity index (χ4n) is 2.12. The van der Waals surface area contributed by atoms with E-state index in [-0.39, 0.29) is 18.3 Å². The van der Waals surface area contributed by atoms with Gasteiger partial charge in [-0.2, -0.15) is 0 Å². The lowest BCUT2D eigenvalue weighted by Crippen LogP contribution is -2.41. The van der Waals surface area contributed by atoms with Gasteiger partial charge >= 0.3 is 7.12 Å². The Morgan fingerprint density at radius 2 is 1.63 bits per heavy atom. The molecule has 0 spiro atoms. The van der Waals surface area contributed by atoms with Crippen molar-refractivity contribution in [1.82, 2.24) is 0 Å². The number of rotatable bonds is 3. The van der Waals surface area contributed by atoms with Gasteiger partial charge in [-0.3, -0.25) is 0 Å². The van der Waals surface area contributed by atoms with E-state index in [1.54, 1.807) is 0 Å². The van der Waals surface area contributed by atoms with E-state index < -0.39 is 0 Å². The van der Waals surface area contributed by atoms with E-state index in [9.17, 15) is 0 Å². The Balaban J connectivity index is 1.86. The quantitative estimate of drug-likeness (QED) is 0.781. The van der Waals surface area contributed by atoms with Crippen molar-refractivity contribution in [3.8, 4) is 5.75 Å². The molecule has 2 aliphatic rings. The molecular weight excluding hydrogens is 239 g/mol. The number of benzene rings is 1. The molecule has 1 aromatic rings. The average Bonchev–Trinajstić information content (AvgIpc) is 3.08. The molecule has 102 valence electrons. The van der Waals surface area contributed by atoms with Crippen LogP contribution in [0, 0.1) is 0 Å². The predicted octanol–water partition coefficient (Wildman–Crippen LogP) is 2.53. The van der Waals surface area contributed by atoms with E-state index in [0.29, 0.717) is 6.10 Å². The van der Waals surface area contributed by atoms with Crippen molar-refractivity contribution in [2.24, 2.45) is 0 Å². The molecule has 4 heteroatoms. The molecule has 3 rings (SSSR count). The molecule has 19 heavy (non-hydrogen) atoms. The summed E-state index contributed by atoms with van der Waals surface area (Å²) in [5, 5.41) is 0. The SMILES string of the molecule is CC1(C)OB(c2ccccc2OC2CC2)OC1(C)C. The Morgan fingerprint density at radius 3 is 2.21 bits per heavy atom. The fraction of sp³-hybridized carbons (Fsp3) is 0.600. The maximum atomic E-state index is 6.09. The summed E-state index contributed by atoms with van der Waals surface area (Å²) in [6, 6.07) is 8.02. The minimum atomic E-state index is -0.347. The molecule has 1 heterocycles. The van der Waals surface area contributed by atoms with Gasteiger partial charge in [0.25, 0.3) is 0 Å². The maximum Gasteiger partial charge on any atom is 0.498 e. The molecule has 0 aromatic heterocycles. The summed E-state index contributed by atoms with van der Waals surface area (Å²) in [5.41, 5.74) is 0.363. The molecule has 1 aliphatic heterocycles. The van der Waals surface area contributed by atoms with E-state index in [2.05, 4.69) is 27.7 Å². The minimum Gasteiger partial charge on any atom is -0.491 e. The van der Waals surface area contributed by atoms with Crippen molar-refractivity contribution in [2.75, 3.05) is 0 Å². The van der Waals surface area contributed by atoms with Crippen LogP contribution in [0.1, 0.15) is 40.5 Å². The smallest absolute Gasteiger partial charge is 0.491 e. The highest BCUT2D eigenvalue weighted by molar-refractivity contribution is 6.63. The van der Waals surface area contributed by atoms with Gasteiger partial charge in [-0.05, 0) is 46.6 Å². The van der Waals surface area contributed by atoms with Crippen LogP contribution in [0.3, 0.4) is 0 Å². The Bertz CT molecular complexity index is 464. The maximum absolute atomic E-state index is 6.09. The third-order valence-electron chi connectivity index (χ3n) is 4.24. The average molecular weight is 260 g/mol. The zero-order valence-electron chi connectivity index (χ0n) is 12.1. The second-order valence-corrected chi connectivity index (χ2v) is 6.44. The third kappa shape index (κ3) is 2.39. The predicted molar refractivity (Wildman–Crippen MR) is 75.8 cm³/mol. The van der Waals surface area contributed by atoms with Gasteiger partial charge in [0.2, 0.25) is 0 Å². The first-order valence-corrected chi connectivity index (χ1v) is 7.00. The fourth-order valence-corrected chi connectivity index (χ4v) is 2.12. The highest BCUT2D eigenvalue weighted by atomic mass is 16.7. The molecule has 1 saturated carbocycles. The summed E-state index contributed by atoms with van der Waals surface area (Å²) in [5.74, 6) is 0.892. The van der Waals surface area contributed by atoms with Gasteiger partial charge in [0.1, 0.15) is 5.75 Å². The van der Waals surface area contributed by atoms with Gasteiger partial charge in [-0.1, -0.05) is 18.2 Å². The zero-order valence-corrected chi connectivity index (χ0v) is 12.1. The Kier molecular flexibility index (Phi) is 2.91. The number of para-hydroxylation sites is 1. The Morgan fingerprint density at radius 1 is 1.05 bits per heavy atom. The van der Waals surface area contributed by atoms with Crippen LogP contribution in [0.5, 0.6) is 5.75 Å². The molecule has 0 N–H and O–H groups in total. The van der Waals surface area contributed by atoms with E-state index in [1.165, 1.54) is 0 Å². The van der Waals surface area contributed by atoms with Crippen molar-refractivity contribution in [1.29, 1.82) is 0 Å². The van der Waals surface area contributed by atoms with Crippen LogP contribution in [0.2, 0.25) is 0 Å². The van der Waals surface area contributed by atoms with Gasteiger partial charge < -0.3 is 14.0 Å². The molecule has 0 unspecified atom stereocenters. The van der Waals surface area contributed by atoms with Crippen LogP contribution >= 0.6 is 0 Å². The van der Waals surface area contributed by atoms with Crippen LogP contribution in [0.25, 0.3) is 0 Å². The topological polar surface area (TPSA) is 27.7 Å². The summed E-state index contributed by atoms with van der Waals surface area (Å²) in [6.45, 7) is 8.27. The van der Waals surface area contributed by atoms with Gasteiger partial charge in [0.15, 0.2) is 0 Å². The lowest BCUT2D eigenvalue weighted by molar-refractivity contribution is 0.00578. The largest absolute Gasteiger partial charge is 0.498 e. The zero-order chi connectivity index (χ0) is 13.7.